The summed E-state index contributed by atoms with van der Waals surface area (Å²) in [5.74, 6) is -1.31. The lowest BCUT2D eigenvalue weighted by Gasteiger charge is -2.16. The van der Waals surface area contributed by atoms with Gasteiger partial charge in [-0.15, -0.1) is 6.58 Å². The highest BCUT2D eigenvalue weighted by molar-refractivity contribution is 6.07. The van der Waals surface area contributed by atoms with Crippen LogP contribution in [-0.4, -0.2) is 20.1 Å². The molecule has 1 N–H and O–H groups in total. The Kier molecular flexibility index (Phi) is 6.47. The first-order valence-electron chi connectivity index (χ1n) is 9.20. The van der Waals surface area contributed by atoms with E-state index in [-0.39, 0.29) is 16.8 Å². The van der Waals surface area contributed by atoms with Crippen LogP contribution in [0.3, 0.4) is 0 Å². The molecule has 30 heavy (non-hydrogen) atoms. The number of carbonyl (C=O) groups excluding carboxylic acids is 1. The van der Waals surface area contributed by atoms with Crippen molar-refractivity contribution in [2.24, 2.45) is 0 Å². The van der Waals surface area contributed by atoms with E-state index in [1.54, 1.807) is 42.5 Å². The van der Waals surface area contributed by atoms with Gasteiger partial charge in [-0.1, -0.05) is 36.4 Å². The minimum Gasteiger partial charge on any atom is -0.493 e. The van der Waals surface area contributed by atoms with Gasteiger partial charge in [0.05, 0.1) is 19.9 Å². The van der Waals surface area contributed by atoms with Crippen molar-refractivity contribution in [3.63, 3.8) is 0 Å². The lowest BCUT2D eigenvalue weighted by atomic mass is 10.0. The monoisotopic (exact) mass is 409 g/mol. The molecule has 3 aromatic rings. The molecule has 0 saturated heterocycles. The highest BCUT2D eigenvalue weighted by Crippen LogP contribution is 2.35. The summed E-state index contributed by atoms with van der Waals surface area (Å²) in [5.41, 5.74) is 1.65. The molecule has 0 fully saturated rings. The number of carbonyl (C=O) groups is 1. The zero-order valence-electron chi connectivity index (χ0n) is 16.7. The summed E-state index contributed by atoms with van der Waals surface area (Å²) < 4.78 is 39.2. The SMILES string of the molecule is C=CCc1cc(C(=O)Nc2c(F)cc(F)cc2-c2ccccc2)cc(OC)c1OC. The summed E-state index contributed by atoms with van der Waals surface area (Å²) in [6, 6.07) is 13.8. The van der Waals surface area contributed by atoms with Gasteiger partial charge in [0, 0.05) is 22.8 Å². The number of halogens is 2. The zero-order chi connectivity index (χ0) is 21.7. The van der Waals surface area contributed by atoms with E-state index in [2.05, 4.69) is 11.9 Å². The smallest absolute Gasteiger partial charge is 0.255 e. The van der Waals surface area contributed by atoms with Crippen LogP contribution in [0.25, 0.3) is 11.1 Å². The zero-order valence-corrected chi connectivity index (χ0v) is 16.7. The van der Waals surface area contributed by atoms with E-state index in [0.717, 1.165) is 6.07 Å². The minimum atomic E-state index is -0.867. The maximum absolute atomic E-state index is 14.6. The van der Waals surface area contributed by atoms with Crippen molar-refractivity contribution in [1.29, 1.82) is 0 Å². The molecule has 3 aromatic carbocycles. The minimum absolute atomic E-state index is 0.104. The number of anilines is 1. The molecule has 3 rings (SSSR count). The number of nitrogens with one attached hydrogen (secondary N) is 1. The molecule has 154 valence electrons. The lowest BCUT2D eigenvalue weighted by molar-refractivity contribution is 0.102. The quantitative estimate of drug-likeness (QED) is 0.515. The molecule has 0 spiro atoms. The van der Waals surface area contributed by atoms with Crippen LogP contribution >= 0.6 is 0 Å². The van der Waals surface area contributed by atoms with Gasteiger partial charge in [0.25, 0.3) is 5.91 Å². The molecule has 0 aromatic heterocycles. The Morgan fingerprint density at radius 3 is 2.43 bits per heavy atom. The predicted molar refractivity (Wildman–Crippen MR) is 113 cm³/mol. The van der Waals surface area contributed by atoms with Gasteiger partial charge >= 0.3 is 0 Å². The Morgan fingerprint density at radius 2 is 1.80 bits per heavy atom. The van der Waals surface area contributed by atoms with Crippen LogP contribution < -0.4 is 14.8 Å². The summed E-state index contributed by atoms with van der Waals surface area (Å²) >= 11 is 0. The average Bonchev–Trinajstić information content (AvgIpc) is 2.75. The second kappa shape index (κ2) is 9.22. The van der Waals surface area contributed by atoms with Gasteiger partial charge in [0.2, 0.25) is 0 Å². The van der Waals surface area contributed by atoms with Crippen molar-refractivity contribution in [2.75, 3.05) is 19.5 Å². The third kappa shape index (κ3) is 4.33. The third-order valence-corrected chi connectivity index (χ3v) is 4.56. The summed E-state index contributed by atoms with van der Waals surface area (Å²) in [7, 11) is 2.97. The van der Waals surface area contributed by atoms with Gasteiger partial charge in [-0.2, -0.15) is 0 Å². The van der Waals surface area contributed by atoms with Gasteiger partial charge in [0.1, 0.15) is 11.6 Å². The molecule has 0 atom stereocenters. The summed E-state index contributed by atoms with van der Waals surface area (Å²) in [4.78, 5) is 13.0. The fourth-order valence-corrected chi connectivity index (χ4v) is 3.21. The molecule has 0 saturated carbocycles. The molecule has 0 heterocycles. The standard InChI is InChI=1S/C24H21F2NO3/c1-4-8-16-11-17(12-21(29-2)23(16)30-3)24(28)27-22-19(13-18(25)14-20(22)26)15-9-6-5-7-10-15/h4-7,9-14H,1,8H2,2-3H3,(H,27,28). The van der Waals surface area contributed by atoms with Crippen LogP contribution in [0, 0.1) is 11.6 Å². The number of hydrogen-bond donors (Lipinski definition) is 1. The third-order valence-electron chi connectivity index (χ3n) is 4.56. The summed E-state index contributed by atoms with van der Waals surface area (Å²) in [6.45, 7) is 3.71. The highest BCUT2D eigenvalue weighted by atomic mass is 19.1. The molecule has 4 nitrogen and oxygen atoms in total. The molecule has 6 heteroatoms. The van der Waals surface area contributed by atoms with Gasteiger partial charge in [-0.05, 0) is 30.2 Å². The molecule has 0 aliphatic rings. The Bertz CT molecular complexity index is 1080. The van der Waals surface area contributed by atoms with Gasteiger partial charge in [0.15, 0.2) is 11.5 Å². The number of hydrogen-bond acceptors (Lipinski definition) is 3. The molecule has 0 aliphatic carbocycles. The van der Waals surface area contributed by atoms with Crippen molar-refractivity contribution < 1.29 is 23.0 Å². The van der Waals surface area contributed by atoms with Crippen molar-refractivity contribution in [3.05, 3.63) is 90.0 Å². The van der Waals surface area contributed by atoms with Crippen LogP contribution in [0.1, 0.15) is 15.9 Å². The number of rotatable bonds is 7. The predicted octanol–water partition coefficient (Wildman–Crippen LogP) is 5.63. The summed E-state index contributed by atoms with van der Waals surface area (Å²) in [6.07, 6.45) is 2.12. The van der Waals surface area contributed by atoms with Crippen LogP contribution in [0.5, 0.6) is 11.5 Å². The topological polar surface area (TPSA) is 47.6 Å². The molecule has 0 radical (unpaired) electrons. The second-order valence-corrected chi connectivity index (χ2v) is 6.49. The highest BCUT2D eigenvalue weighted by Gasteiger charge is 2.19. The van der Waals surface area contributed by atoms with Crippen LogP contribution in [0.2, 0.25) is 0 Å². The number of ether oxygens (including phenoxy) is 2. The van der Waals surface area contributed by atoms with Crippen molar-refractivity contribution >= 4 is 11.6 Å². The van der Waals surface area contributed by atoms with E-state index in [4.69, 9.17) is 9.47 Å². The van der Waals surface area contributed by atoms with Crippen LogP contribution in [0.15, 0.2) is 67.3 Å². The first kappa shape index (κ1) is 21.0. The molecule has 0 unspecified atom stereocenters. The van der Waals surface area contributed by atoms with Crippen molar-refractivity contribution in [2.45, 2.75) is 6.42 Å². The molecule has 1 amide bonds. The largest absolute Gasteiger partial charge is 0.493 e. The fraction of sp³-hybridized carbons (Fsp3) is 0.125. The van der Waals surface area contributed by atoms with E-state index in [1.165, 1.54) is 26.4 Å². The molecular formula is C24H21F2NO3. The van der Waals surface area contributed by atoms with E-state index in [0.29, 0.717) is 29.0 Å². The molecular weight excluding hydrogens is 388 g/mol. The van der Waals surface area contributed by atoms with Crippen LogP contribution in [0.4, 0.5) is 14.5 Å². The van der Waals surface area contributed by atoms with Crippen molar-refractivity contribution in [3.8, 4) is 22.6 Å². The normalized spacial score (nSPS) is 10.4. The van der Waals surface area contributed by atoms with E-state index < -0.39 is 17.5 Å². The van der Waals surface area contributed by atoms with E-state index >= 15 is 0 Å². The number of methoxy groups -OCH3 is 2. The van der Waals surface area contributed by atoms with Crippen molar-refractivity contribution in [1.82, 2.24) is 0 Å². The number of allylic oxidation sites excluding steroid dienone is 1. The Balaban J connectivity index is 2.05. The molecule has 0 bridgehead atoms. The average molecular weight is 409 g/mol. The Labute approximate surface area is 173 Å². The van der Waals surface area contributed by atoms with E-state index in [1.807, 2.05) is 0 Å². The summed E-state index contributed by atoms with van der Waals surface area (Å²) in [5, 5.41) is 2.58. The van der Waals surface area contributed by atoms with Crippen LogP contribution in [-0.2, 0) is 6.42 Å². The van der Waals surface area contributed by atoms with Gasteiger partial charge in [-0.25, -0.2) is 8.78 Å². The number of amides is 1. The number of benzene rings is 3. The Morgan fingerprint density at radius 1 is 1.07 bits per heavy atom. The first-order chi connectivity index (χ1) is 14.5. The fourth-order valence-electron chi connectivity index (χ4n) is 3.21. The first-order valence-corrected chi connectivity index (χ1v) is 9.20. The Hall–Kier alpha value is -3.67. The maximum atomic E-state index is 14.6. The molecule has 0 aliphatic heterocycles. The maximum Gasteiger partial charge on any atom is 0.255 e. The van der Waals surface area contributed by atoms with Gasteiger partial charge < -0.3 is 14.8 Å². The van der Waals surface area contributed by atoms with Gasteiger partial charge in [-0.3, -0.25) is 4.79 Å². The lowest BCUT2D eigenvalue weighted by Crippen LogP contribution is -2.15. The second-order valence-electron chi connectivity index (χ2n) is 6.49. The van der Waals surface area contributed by atoms with E-state index in [9.17, 15) is 13.6 Å².